The van der Waals surface area contributed by atoms with Gasteiger partial charge in [0.1, 0.15) is 5.69 Å². The van der Waals surface area contributed by atoms with Gasteiger partial charge in [-0.2, -0.15) is 4.39 Å². The summed E-state index contributed by atoms with van der Waals surface area (Å²) in [5, 5.41) is 3.25. The lowest BCUT2D eigenvalue weighted by molar-refractivity contribution is 0.0215. The van der Waals surface area contributed by atoms with E-state index in [1.165, 1.54) is 12.3 Å². The molecule has 25 heavy (non-hydrogen) atoms. The molecule has 0 saturated carbocycles. The number of fused-ring (bicyclic) bond motifs is 3. The van der Waals surface area contributed by atoms with Crippen molar-refractivity contribution in [3.8, 4) is 11.3 Å². The number of halogens is 1. The molecule has 5 nitrogen and oxygen atoms in total. The largest absolute Gasteiger partial charge is 0.346 e. The zero-order valence-electron chi connectivity index (χ0n) is 14.6. The molecule has 0 aliphatic carbocycles. The third-order valence-corrected chi connectivity index (χ3v) is 5.85. The number of piperidine rings is 3. The molecule has 0 unspecified atom stereocenters. The van der Waals surface area contributed by atoms with Crippen molar-refractivity contribution in [2.75, 3.05) is 13.1 Å². The number of rotatable bonds is 3. The summed E-state index contributed by atoms with van der Waals surface area (Å²) in [6, 6.07) is 7.30. The second kappa shape index (κ2) is 6.26. The normalized spacial score (nSPS) is 28.1. The Morgan fingerprint density at radius 3 is 2.64 bits per heavy atom. The van der Waals surface area contributed by atoms with Crippen molar-refractivity contribution in [2.24, 2.45) is 13.0 Å². The molecular formula is C19H23FN4O. The minimum Gasteiger partial charge on any atom is -0.346 e. The van der Waals surface area contributed by atoms with Crippen molar-refractivity contribution in [3.05, 3.63) is 42.1 Å². The maximum absolute atomic E-state index is 13.0. The molecule has 5 rings (SSSR count). The van der Waals surface area contributed by atoms with E-state index in [0.717, 1.165) is 37.2 Å². The number of pyridine rings is 1. The van der Waals surface area contributed by atoms with Gasteiger partial charge in [0.2, 0.25) is 5.95 Å². The fraction of sp³-hybridized carbons (Fsp3) is 0.474. The highest BCUT2D eigenvalue weighted by atomic mass is 19.1. The topological polar surface area (TPSA) is 50.2 Å². The average Bonchev–Trinajstić information content (AvgIpc) is 3.01. The molecule has 2 atom stereocenters. The number of amides is 1. The van der Waals surface area contributed by atoms with Gasteiger partial charge in [-0.1, -0.05) is 0 Å². The van der Waals surface area contributed by atoms with Crippen LogP contribution < -0.4 is 5.32 Å². The number of carbonyl (C=O) groups is 1. The van der Waals surface area contributed by atoms with E-state index in [9.17, 15) is 9.18 Å². The first-order chi connectivity index (χ1) is 12.0. The van der Waals surface area contributed by atoms with Gasteiger partial charge in [0.05, 0.1) is 0 Å². The van der Waals surface area contributed by atoms with Crippen LogP contribution in [0.4, 0.5) is 4.39 Å². The lowest BCUT2D eigenvalue weighted by Crippen LogP contribution is -2.62. The quantitative estimate of drug-likeness (QED) is 0.872. The predicted octanol–water partition coefficient (Wildman–Crippen LogP) is 2.44. The molecule has 6 heteroatoms. The van der Waals surface area contributed by atoms with Crippen LogP contribution in [0, 0.1) is 11.9 Å². The van der Waals surface area contributed by atoms with Gasteiger partial charge in [0, 0.05) is 36.6 Å². The van der Waals surface area contributed by atoms with Crippen LogP contribution in [0.5, 0.6) is 0 Å². The summed E-state index contributed by atoms with van der Waals surface area (Å²) in [6.07, 6.45) is 3.81. The Hall–Kier alpha value is -2.21. The van der Waals surface area contributed by atoms with Crippen LogP contribution in [-0.2, 0) is 7.05 Å². The Morgan fingerprint density at radius 1 is 1.24 bits per heavy atom. The van der Waals surface area contributed by atoms with E-state index < -0.39 is 5.95 Å². The van der Waals surface area contributed by atoms with Crippen molar-refractivity contribution >= 4 is 5.91 Å². The van der Waals surface area contributed by atoms with Gasteiger partial charge >= 0.3 is 0 Å². The Kier molecular flexibility index (Phi) is 4.07. The van der Waals surface area contributed by atoms with Crippen LogP contribution >= 0.6 is 0 Å². The Labute approximate surface area is 146 Å². The molecule has 0 radical (unpaired) electrons. The van der Waals surface area contributed by atoms with Gasteiger partial charge < -0.3 is 9.88 Å². The predicted molar refractivity (Wildman–Crippen MR) is 93.6 cm³/mol. The SMILES string of the molecule is C[C@@H]1[C@H](NC(=O)c2ccc(-c3ccc(F)nc3)n2C)C2CCN1CC2. The summed E-state index contributed by atoms with van der Waals surface area (Å²) >= 11 is 0. The fourth-order valence-corrected chi connectivity index (χ4v) is 4.33. The molecule has 0 aromatic carbocycles. The fourth-order valence-electron chi connectivity index (χ4n) is 4.33. The summed E-state index contributed by atoms with van der Waals surface area (Å²) in [7, 11) is 1.85. The molecule has 2 aromatic heterocycles. The lowest BCUT2D eigenvalue weighted by Gasteiger charge is -2.49. The van der Waals surface area contributed by atoms with Gasteiger partial charge in [-0.3, -0.25) is 9.69 Å². The molecule has 0 spiro atoms. The van der Waals surface area contributed by atoms with Gasteiger partial charge in [0.25, 0.3) is 5.91 Å². The van der Waals surface area contributed by atoms with E-state index in [2.05, 4.69) is 22.1 Å². The third-order valence-electron chi connectivity index (χ3n) is 5.85. The average molecular weight is 342 g/mol. The van der Waals surface area contributed by atoms with E-state index in [0.29, 0.717) is 17.7 Å². The van der Waals surface area contributed by atoms with Crippen molar-refractivity contribution in [1.82, 2.24) is 19.8 Å². The highest BCUT2D eigenvalue weighted by Gasteiger charge is 2.40. The van der Waals surface area contributed by atoms with Gasteiger partial charge in [0.15, 0.2) is 0 Å². The smallest absolute Gasteiger partial charge is 0.268 e. The Morgan fingerprint density at radius 2 is 2.00 bits per heavy atom. The van der Waals surface area contributed by atoms with E-state index in [1.807, 2.05) is 23.7 Å². The van der Waals surface area contributed by atoms with Crippen LogP contribution in [0.2, 0.25) is 0 Å². The highest BCUT2D eigenvalue weighted by Crippen LogP contribution is 2.32. The van der Waals surface area contributed by atoms with Crippen LogP contribution in [0.25, 0.3) is 11.3 Å². The first-order valence-corrected chi connectivity index (χ1v) is 8.87. The molecular weight excluding hydrogens is 319 g/mol. The molecule has 2 aromatic rings. The van der Waals surface area contributed by atoms with Crippen molar-refractivity contribution in [2.45, 2.75) is 31.8 Å². The number of nitrogens with one attached hydrogen (secondary N) is 1. The maximum atomic E-state index is 13.0. The van der Waals surface area contributed by atoms with Crippen LogP contribution in [0.15, 0.2) is 30.5 Å². The summed E-state index contributed by atoms with van der Waals surface area (Å²) in [5.41, 5.74) is 2.25. The van der Waals surface area contributed by atoms with E-state index in [-0.39, 0.29) is 11.9 Å². The highest BCUT2D eigenvalue weighted by molar-refractivity contribution is 5.94. The minimum absolute atomic E-state index is 0.0468. The number of nitrogens with zero attached hydrogens (tertiary/aromatic N) is 3. The van der Waals surface area contributed by atoms with Gasteiger partial charge in [-0.05, 0) is 63.0 Å². The van der Waals surface area contributed by atoms with Crippen molar-refractivity contribution in [1.29, 1.82) is 0 Å². The van der Waals surface area contributed by atoms with E-state index in [1.54, 1.807) is 6.07 Å². The first-order valence-electron chi connectivity index (χ1n) is 8.87. The summed E-state index contributed by atoms with van der Waals surface area (Å²) in [5.74, 6) is 0.0201. The molecule has 3 aliphatic heterocycles. The molecule has 132 valence electrons. The number of hydrogen-bond acceptors (Lipinski definition) is 3. The zero-order valence-corrected chi connectivity index (χ0v) is 14.6. The number of aromatic nitrogens is 2. The molecule has 3 aliphatic rings. The summed E-state index contributed by atoms with van der Waals surface area (Å²) in [4.78, 5) is 19.0. The second-order valence-corrected chi connectivity index (χ2v) is 7.15. The summed E-state index contributed by atoms with van der Waals surface area (Å²) < 4.78 is 14.9. The number of carbonyl (C=O) groups excluding carboxylic acids is 1. The molecule has 3 saturated heterocycles. The molecule has 2 bridgehead atoms. The molecule has 3 fully saturated rings. The first kappa shape index (κ1) is 16.3. The number of hydrogen-bond donors (Lipinski definition) is 1. The minimum atomic E-state index is -0.507. The van der Waals surface area contributed by atoms with Crippen molar-refractivity contribution in [3.63, 3.8) is 0 Å². The maximum Gasteiger partial charge on any atom is 0.268 e. The van der Waals surface area contributed by atoms with Gasteiger partial charge in [-0.15, -0.1) is 0 Å². The third kappa shape index (κ3) is 2.84. The Balaban J connectivity index is 1.54. The van der Waals surface area contributed by atoms with E-state index in [4.69, 9.17) is 0 Å². The second-order valence-electron chi connectivity index (χ2n) is 7.15. The standard InChI is InChI=1S/C19H23FN4O/c1-12-18(13-7-9-24(12)10-8-13)22-19(25)16-5-4-15(23(16)2)14-3-6-17(20)21-11-14/h3-6,11-13,18H,7-10H2,1-2H3,(H,22,25)/t12-,18+/m1/s1. The molecule has 5 heterocycles. The van der Waals surface area contributed by atoms with E-state index >= 15 is 0 Å². The lowest BCUT2D eigenvalue weighted by atomic mass is 9.79. The van der Waals surface area contributed by atoms with Crippen LogP contribution in [0.1, 0.15) is 30.3 Å². The Bertz CT molecular complexity index is 775. The summed E-state index contributed by atoms with van der Waals surface area (Å²) in [6.45, 7) is 4.49. The monoisotopic (exact) mass is 342 g/mol. The van der Waals surface area contributed by atoms with Crippen molar-refractivity contribution < 1.29 is 9.18 Å². The van der Waals surface area contributed by atoms with Crippen LogP contribution in [-0.4, -0.2) is 45.5 Å². The van der Waals surface area contributed by atoms with Gasteiger partial charge in [-0.25, -0.2) is 4.98 Å². The molecule has 1 amide bonds. The zero-order chi connectivity index (χ0) is 17.6. The molecule has 1 N–H and O–H groups in total. The van der Waals surface area contributed by atoms with Crippen LogP contribution in [0.3, 0.4) is 0 Å².